The highest BCUT2D eigenvalue weighted by Gasteiger charge is 2.31. The second kappa shape index (κ2) is 11.2. The van der Waals surface area contributed by atoms with Crippen LogP contribution in [0.4, 0.5) is 11.4 Å². The van der Waals surface area contributed by atoms with Crippen molar-refractivity contribution in [1.29, 1.82) is 0 Å². The molecular formula is C26H26N4O6S. The number of hydrogen-bond acceptors (Lipinski definition) is 7. The van der Waals surface area contributed by atoms with Crippen molar-refractivity contribution in [3.8, 4) is 5.75 Å². The van der Waals surface area contributed by atoms with E-state index in [2.05, 4.69) is 15.8 Å². The molecule has 0 aliphatic carbocycles. The molecule has 11 heteroatoms. The van der Waals surface area contributed by atoms with Gasteiger partial charge in [-0.15, -0.1) is 0 Å². The van der Waals surface area contributed by atoms with E-state index in [1.165, 1.54) is 19.2 Å². The largest absolute Gasteiger partial charge is 0.490 e. The number of benzene rings is 3. The first-order valence-electron chi connectivity index (χ1n) is 11.4. The standard InChI is InChI=1S/C26H26N4O6S/c1-18-11-13-19(14-12-18)30(37(33,34)23-10-6-5-9-22(23)36-16-15-35-2)17-24(31)28-29-25-20-7-3-4-8-21(20)27-26(25)32/h3-14H,15-17H2,1-2H3,(H,28,31)(H,27,29,32). The molecule has 3 aromatic carbocycles. The van der Waals surface area contributed by atoms with Crippen molar-refractivity contribution in [2.24, 2.45) is 5.10 Å². The second-order valence-corrected chi connectivity index (χ2v) is 9.96. The van der Waals surface area contributed by atoms with E-state index in [1.54, 1.807) is 60.7 Å². The molecule has 0 radical (unpaired) electrons. The van der Waals surface area contributed by atoms with Crippen LogP contribution in [0.2, 0.25) is 0 Å². The molecule has 0 unspecified atom stereocenters. The van der Waals surface area contributed by atoms with Crippen LogP contribution in [0, 0.1) is 6.92 Å². The fourth-order valence-electron chi connectivity index (χ4n) is 3.66. The number of para-hydroxylation sites is 2. The van der Waals surface area contributed by atoms with Gasteiger partial charge in [0.25, 0.3) is 21.8 Å². The van der Waals surface area contributed by atoms with E-state index in [0.717, 1.165) is 9.87 Å². The Morgan fingerprint density at radius 1 is 1.00 bits per heavy atom. The first-order valence-corrected chi connectivity index (χ1v) is 12.8. The highest BCUT2D eigenvalue weighted by Crippen LogP contribution is 2.30. The topological polar surface area (TPSA) is 126 Å². The number of fused-ring (bicyclic) bond motifs is 1. The molecule has 0 aromatic heterocycles. The number of rotatable bonds is 10. The smallest absolute Gasteiger partial charge is 0.276 e. The van der Waals surface area contributed by atoms with Crippen LogP contribution in [0.1, 0.15) is 11.1 Å². The van der Waals surface area contributed by atoms with Crippen LogP contribution in [-0.4, -0.2) is 52.8 Å². The number of nitrogens with one attached hydrogen (secondary N) is 2. The zero-order valence-electron chi connectivity index (χ0n) is 20.3. The second-order valence-electron chi connectivity index (χ2n) is 8.13. The molecule has 1 heterocycles. The first-order chi connectivity index (χ1) is 17.8. The number of methoxy groups -OCH3 is 1. The van der Waals surface area contributed by atoms with Gasteiger partial charge in [-0.25, -0.2) is 13.8 Å². The summed E-state index contributed by atoms with van der Waals surface area (Å²) in [6.07, 6.45) is 0. The minimum Gasteiger partial charge on any atom is -0.490 e. The SMILES string of the molecule is COCCOc1ccccc1S(=O)(=O)N(CC(=O)N/N=C1\C(=O)Nc2ccccc21)c1ccc(C)cc1. The molecule has 0 saturated carbocycles. The van der Waals surface area contributed by atoms with E-state index in [-0.39, 0.29) is 35.3 Å². The summed E-state index contributed by atoms with van der Waals surface area (Å²) in [5, 5.41) is 6.64. The lowest BCUT2D eigenvalue weighted by atomic mass is 10.1. The predicted octanol–water partition coefficient (Wildman–Crippen LogP) is 2.69. The molecule has 1 aliphatic heterocycles. The van der Waals surface area contributed by atoms with Crippen molar-refractivity contribution in [3.63, 3.8) is 0 Å². The molecule has 0 spiro atoms. The molecule has 0 atom stereocenters. The molecule has 0 bridgehead atoms. The third kappa shape index (κ3) is 5.79. The summed E-state index contributed by atoms with van der Waals surface area (Å²) in [6.45, 7) is 1.71. The van der Waals surface area contributed by atoms with Gasteiger partial charge in [-0.3, -0.25) is 13.9 Å². The van der Waals surface area contributed by atoms with Crippen LogP contribution in [0.3, 0.4) is 0 Å². The van der Waals surface area contributed by atoms with Gasteiger partial charge in [-0.2, -0.15) is 5.10 Å². The van der Waals surface area contributed by atoms with Crippen molar-refractivity contribution >= 4 is 38.9 Å². The normalized spacial score (nSPS) is 13.7. The number of ether oxygens (including phenoxy) is 2. The Balaban J connectivity index is 1.63. The maximum absolute atomic E-state index is 13.8. The van der Waals surface area contributed by atoms with Crippen LogP contribution in [-0.2, 0) is 24.3 Å². The predicted molar refractivity (Wildman–Crippen MR) is 139 cm³/mol. The number of hydrogen-bond donors (Lipinski definition) is 2. The molecule has 0 fully saturated rings. The number of carbonyl (C=O) groups excluding carboxylic acids is 2. The molecule has 3 aromatic rings. The van der Waals surface area contributed by atoms with Crippen LogP contribution >= 0.6 is 0 Å². The van der Waals surface area contributed by atoms with E-state index < -0.39 is 28.4 Å². The highest BCUT2D eigenvalue weighted by molar-refractivity contribution is 7.93. The third-order valence-electron chi connectivity index (χ3n) is 5.51. The van der Waals surface area contributed by atoms with Crippen molar-refractivity contribution in [3.05, 3.63) is 83.9 Å². The molecular weight excluding hydrogens is 496 g/mol. The van der Waals surface area contributed by atoms with Gasteiger partial charge in [0.1, 0.15) is 23.8 Å². The van der Waals surface area contributed by atoms with Crippen LogP contribution in [0.5, 0.6) is 5.75 Å². The Hall–Kier alpha value is -4.22. The number of aryl methyl sites for hydroxylation is 1. The average Bonchev–Trinajstić information content (AvgIpc) is 3.21. The molecule has 2 amide bonds. The number of anilines is 2. The van der Waals surface area contributed by atoms with Gasteiger partial charge < -0.3 is 14.8 Å². The Bertz CT molecular complexity index is 1440. The zero-order valence-corrected chi connectivity index (χ0v) is 21.1. The summed E-state index contributed by atoms with van der Waals surface area (Å²) in [5.74, 6) is -1.06. The lowest BCUT2D eigenvalue weighted by molar-refractivity contribution is -0.119. The van der Waals surface area contributed by atoms with Gasteiger partial charge in [0.2, 0.25) is 0 Å². The summed E-state index contributed by atoms with van der Waals surface area (Å²) < 4.78 is 39.2. The number of nitrogens with zero attached hydrogens (tertiary/aromatic N) is 2. The maximum atomic E-state index is 13.8. The molecule has 1 aliphatic rings. The molecule has 2 N–H and O–H groups in total. The lowest BCUT2D eigenvalue weighted by Gasteiger charge is -2.25. The van der Waals surface area contributed by atoms with Gasteiger partial charge in [0.05, 0.1) is 18.0 Å². The number of sulfonamides is 1. The summed E-state index contributed by atoms with van der Waals surface area (Å²) in [7, 11) is -2.73. The number of hydrazone groups is 1. The fourth-order valence-corrected chi connectivity index (χ4v) is 5.22. The minimum absolute atomic E-state index is 0.0329. The van der Waals surface area contributed by atoms with E-state index >= 15 is 0 Å². The highest BCUT2D eigenvalue weighted by atomic mass is 32.2. The Labute approximate surface area is 214 Å². The van der Waals surface area contributed by atoms with Gasteiger partial charge >= 0.3 is 0 Å². The van der Waals surface area contributed by atoms with Crippen molar-refractivity contribution in [2.45, 2.75) is 11.8 Å². The Kier molecular flexibility index (Phi) is 7.85. The lowest BCUT2D eigenvalue weighted by Crippen LogP contribution is -2.40. The molecule has 192 valence electrons. The van der Waals surface area contributed by atoms with E-state index in [1.807, 2.05) is 6.92 Å². The molecule has 37 heavy (non-hydrogen) atoms. The van der Waals surface area contributed by atoms with Crippen LogP contribution in [0.25, 0.3) is 0 Å². The molecule has 4 rings (SSSR count). The summed E-state index contributed by atoms with van der Waals surface area (Å²) in [6, 6.07) is 19.8. The minimum atomic E-state index is -4.25. The van der Waals surface area contributed by atoms with Crippen LogP contribution in [0.15, 0.2) is 82.8 Å². The maximum Gasteiger partial charge on any atom is 0.276 e. The van der Waals surface area contributed by atoms with Gasteiger partial charge in [-0.1, -0.05) is 48.0 Å². The van der Waals surface area contributed by atoms with Gasteiger partial charge in [-0.05, 0) is 37.3 Å². The van der Waals surface area contributed by atoms with E-state index in [4.69, 9.17) is 9.47 Å². The van der Waals surface area contributed by atoms with E-state index in [9.17, 15) is 18.0 Å². The fraction of sp³-hybridized carbons (Fsp3) is 0.192. The monoisotopic (exact) mass is 522 g/mol. The third-order valence-corrected chi connectivity index (χ3v) is 7.32. The summed E-state index contributed by atoms with van der Waals surface area (Å²) >= 11 is 0. The van der Waals surface area contributed by atoms with Crippen molar-refractivity contribution in [1.82, 2.24) is 5.43 Å². The summed E-state index contributed by atoms with van der Waals surface area (Å²) in [4.78, 5) is 25.1. The van der Waals surface area contributed by atoms with Gasteiger partial charge in [0, 0.05) is 12.7 Å². The number of carbonyl (C=O) groups is 2. The van der Waals surface area contributed by atoms with E-state index in [0.29, 0.717) is 11.3 Å². The van der Waals surface area contributed by atoms with Crippen molar-refractivity contribution in [2.75, 3.05) is 36.5 Å². The molecule has 10 nitrogen and oxygen atoms in total. The first kappa shape index (κ1) is 25.9. The average molecular weight is 523 g/mol. The van der Waals surface area contributed by atoms with Gasteiger partial charge in [0.15, 0.2) is 5.71 Å². The Morgan fingerprint density at radius 3 is 2.46 bits per heavy atom. The van der Waals surface area contributed by atoms with Crippen LogP contribution < -0.4 is 19.8 Å². The summed E-state index contributed by atoms with van der Waals surface area (Å²) in [5.41, 5.74) is 4.68. The zero-order chi connectivity index (χ0) is 26.4. The number of amides is 2. The Morgan fingerprint density at radius 2 is 1.70 bits per heavy atom. The van der Waals surface area contributed by atoms with Crippen molar-refractivity contribution < 1.29 is 27.5 Å². The quantitative estimate of drug-likeness (QED) is 0.311. The molecule has 0 saturated heterocycles.